The molecule has 0 spiro atoms. The number of imidazole rings is 1. The highest BCUT2D eigenvalue weighted by atomic mass is 16.3. The van der Waals surface area contributed by atoms with Crippen LogP contribution in [0.1, 0.15) is 37.2 Å². The van der Waals surface area contributed by atoms with E-state index in [4.69, 9.17) is 4.98 Å². The molecular formula is C13H21N3O. The van der Waals surface area contributed by atoms with Crippen LogP contribution in [0.4, 0.5) is 0 Å². The normalized spacial score (nSPS) is 29.5. The number of aliphatic hydroxyl groups excluding tert-OH is 1. The Bertz CT molecular complexity index is 401. The second-order valence-electron chi connectivity index (χ2n) is 5.31. The smallest absolute Gasteiger partial charge is 0.109 e. The number of hydrogen-bond donors (Lipinski definition) is 1. The Kier molecular flexibility index (Phi) is 2.92. The first kappa shape index (κ1) is 11.2. The van der Waals surface area contributed by atoms with Gasteiger partial charge in [-0.25, -0.2) is 4.98 Å². The van der Waals surface area contributed by atoms with Gasteiger partial charge in [0.25, 0.3) is 0 Å². The van der Waals surface area contributed by atoms with E-state index in [9.17, 15) is 5.11 Å². The molecule has 1 saturated heterocycles. The second kappa shape index (κ2) is 4.42. The number of aliphatic hydroxyl groups is 1. The molecule has 94 valence electrons. The van der Waals surface area contributed by atoms with E-state index in [0.29, 0.717) is 5.92 Å². The number of nitrogens with zero attached hydrogens (tertiary/aromatic N) is 3. The minimum absolute atomic E-state index is 0.180. The minimum Gasteiger partial charge on any atom is -0.391 e. The number of fused-ring (bicyclic) bond motifs is 1. The molecule has 0 saturated carbocycles. The van der Waals surface area contributed by atoms with Crippen LogP contribution in [-0.2, 0) is 13.0 Å². The summed E-state index contributed by atoms with van der Waals surface area (Å²) >= 11 is 0. The van der Waals surface area contributed by atoms with E-state index >= 15 is 0 Å². The van der Waals surface area contributed by atoms with Gasteiger partial charge >= 0.3 is 0 Å². The van der Waals surface area contributed by atoms with Crippen LogP contribution < -0.4 is 0 Å². The van der Waals surface area contributed by atoms with Gasteiger partial charge in [0.15, 0.2) is 0 Å². The van der Waals surface area contributed by atoms with Crippen LogP contribution >= 0.6 is 0 Å². The molecule has 0 bridgehead atoms. The molecule has 3 heterocycles. The van der Waals surface area contributed by atoms with Crippen molar-refractivity contribution in [1.82, 2.24) is 14.5 Å². The maximum absolute atomic E-state index is 9.65. The van der Waals surface area contributed by atoms with Crippen LogP contribution in [0.25, 0.3) is 0 Å². The van der Waals surface area contributed by atoms with E-state index in [2.05, 4.69) is 22.6 Å². The minimum atomic E-state index is -0.180. The van der Waals surface area contributed by atoms with E-state index in [1.807, 2.05) is 0 Å². The Morgan fingerprint density at radius 2 is 2.29 bits per heavy atom. The molecule has 0 amide bonds. The molecule has 2 unspecified atom stereocenters. The van der Waals surface area contributed by atoms with Gasteiger partial charge in [-0.15, -0.1) is 0 Å². The predicted molar refractivity (Wildman–Crippen MR) is 66.0 cm³/mol. The highest BCUT2D eigenvalue weighted by molar-refractivity contribution is 5.13. The number of aryl methyl sites for hydroxylation is 1. The number of likely N-dealkylation sites (N-methyl/N-ethyl adjacent to an activating group) is 1. The van der Waals surface area contributed by atoms with E-state index in [-0.39, 0.29) is 6.10 Å². The maximum atomic E-state index is 9.65. The Labute approximate surface area is 102 Å². The zero-order valence-electron chi connectivity index (χ0n) is 10.5. The van der Waals surface area contributed by atoms with Crippen molar-refractivity contribution in [3.63, 3.8) is 0 Å². The van der Waals surface area contributed by atoms with Crippen LogP contribution in [0, 0.1) is 0 Å². The Balaban J connectivity index is 1.76. The van der Waals surface area contributed by atoms with Crippen molar-refractivity contribution in [3.05, 3.63) is 17.7 Å². The summed E-state index contributed by atoms with van der Waals surface area (Å²) in [4.78, 5) is 7.25. The summed E-state index contributed by atoms with van der Waals surface area (Å²) in [6, 6.07) is 0. The molecule has 2 aliphatic rings. The maximum Gasteiger partial charge on any atom is 0.109 e. The lowest BCUT2D eigenvalue weighted by atomic mass is 10.1. The van der Waals surface area contributed by atoms with Crippen molar-refractivity contribution < 1.29 is 5.11 Å². The SMILES string of the molecule is CCN1CCC(c2cn3c(n2)CCC(O)C3)C1. The van der Waals surface area contributed by atoms with Crippen molar-refractivity contribution in [1.29, 1.82) is 0 Å². The third-order valence-electron chi connectivity index (χ3n) is 4.12. The van der Waals surface area contributed by atoms with Gasteiger partial charge in [-0.2, -0.15) is 0 Å². The highest BCUT2D eigenvalue weighted by Crippen LogP contribution is 2.27. The summed E-state index contributed by atoms with van der Waals surface area (Å²) in [5, 5.41) is 9.65. The molecule has 17 heavy (non-hydrogen) atoms. The molecule has 0 radical (unpaired) electrons. The molecule has 3 rings (SSSR count). The van der Waals surface area contributed by atoms with Crippen molar-refractivity contribution in [2.24, 2.45) is 0 Å². The fraction of sp³-hybridized carbons (Fsp3) is 0.769. The second-order valence-corrected chi connectivity index (χ2v) is 5.31. The Morgan fingerprint density at radius 3 is 3.06 bits per heavy atom. The number of hydrogen-bond acceptors (Lipinski definition) is 3. The summed E-state index contributed by atoms with van der Waals surface area (Å²) in [6.45, 7) is 6.44. The van der Waals surface area contributed by atoms with Gasteiger partial charge < -0.3 is 14.6 Å². The lowest BCUT2D eigenvalue weighted by Gasteiger charge is -2.18. The average molecular weight is 235 g/mol. The first-order valence-electron chi connectivity index (χ1n) is 6.72. The lowest BCUT2D eigenvalue weighted by molar-refractivity contribution is 0.130. The van der Waals surface area contributed by atoms with E-state index in [0.717, 1.165) is 32.5 Å². The third-order valence-corrected chi connectivity index (χ3v) is 4.12. The summed E-state index contributed by atoms with van der Waals surface area (Å²) < 4.78 is 2.15. The summed E-state index contributed by atoms with van der Waals surface area (Å²) in [6.07, 6.45) is 5.00. The monoisotopic (exact) mass is 235 g/mol. The molecule has 2 atom stereocenters. The molecule has 4 heteroatoms. The predicted octanol–water partition coefficient (Wildman–Crippen LogP) is 0.999. The standard InChI is InChI=1S/C13H21N3O/c1-2-15-6-5-10(7-15)12-9-16-8-11(17)3-4-13(16)14-12/h9-11,17H,2-8H2,1H3. The molecule has 1 aromatic rings. The van der Waals surface area contributed by atoms with E-state index < -0.39 is 0 Å². The number of likely N-dealkylation sites (tertiary alicyclic amines) is 1. The van der Waals surface area contributed by atoms with Crippen LogP contribution in [0.5, 0.6) is 0 Å². The summed E-state index contributed by atoms with van der Waals surface area (Å²) in [7, 11) is 0. The fourth-order valence-corrected chi connectivity index (χ4v) is 3.01. The van der Waals surface area contributed by atoms with Gasteiger partial charge in [-0.05, 0) is 25.9 Å². The van der Waals surface area contributed by atoms with Crippen molar-refractivity contribution in [2.45, 2.75) is 44.8 Å². The summed E-state index contributed by atoms with van der Waals surface area (Å²) in [5.41, 5.74) is 1.24. The number of rotatable bonds is 2. The van der Waals surface area contributed by atoms with E-state index in [1.54, 1.807) is 0 Å². The molecule has 1 fully saturated rings. The van der Waals surface area contributed by atoms with Crippen molar-refractivity contribution >= 4 is 0 Å². The highest BCUT2D eigenvalue weighted by Gasteiger charge is 2.27. The first-order chi connectivity index (χ1) is 8.26. The Morgan fingerprint density at radius 1 is 1.41 bits per heavy atom. The first-order valence-corrected chi connectivity index (χ1v) is 6.72. The van der Waals surface area contributed by atoms with Crippen molar-refractivity contribution in [2.75, 3.05) is 19.6 Å². The average Bonchev–Trinajstić information content (AvgIpc) is 2.93. The van der Waals surface area contributed by atoms with Crippen LogP contribution in [-0.4, -0.2) is 45.3 Å². The van der Waals surface area contributed by atoms with Gasteiger partial charge in [0.2, 0.25) is 0 Å². The zero-order chi connectivity index (χ0) is 11.8. The fourth-order valence-electron chi connectivity index (χ4n) is 3.01. The quantitative estimate of drug-likeness (QED) is 0.831. The van der Waals surface area contributed by atoms with Gasteiger partial charge in [0.05, 0.1) is 11.8 Å². The van der Waals surface area contributed by atoms with Gasteiger partial charge in [-0.1, -0.05) is 6.92 Å². The number of aromatic nitrogens is 2. The molecule has 4 nitrogen and oxygen atoms in total. The van der Waals surface area contributed by atoms with Crippen molar-refractivity contribution in [3.8, 4) is 0 Å². The van der Waals surface area contributed by atoms with E-state index in [1.165, 1.54) is 24.5 Å². The molecule has 1 aromatic heterocycles. The van der Waals surface area contributed by atoms with Crippen LogP contribution in [0.15, 0.2) is 6.20 Å². The zero-order valence-corrected chi connectivity index (χ0v) is 10.5. The molecular weight excluding hydrogens is 214 g/mol. The van der Waals surface area contributed by atoms with Crippen LogP contribution in [0.2, 0.25) is 0 Å². The molecule has 0 aliphatic carbocycles. The van der Waals surface area contributed by atoms with Crippen LogP contribution in [0.3, 0.4) is 0 Å². The largest absolute Gasteiger partial charge is 0.391 e. The molecule has 1 N–H and O–H groups in total. The van der Waals surface area contributed by atoms with Gasteiger partial charge in [0, 0.05) is 31.6 Å². The topological polar surface area (TPSA) is 41.3 Å². The Hall–Kier alpha value is -0.870. The molecule has 2 aliphatic heterocycles. The van der Waals surface area contributed by atoms with Gasteiger partial charge in [-0.3, -0.25) is 0 Å². The lowest BCUT2D eigenvalue weighted by Crippen LogP contribution is -2.23. The summed E-state index contributed by atoms with van der Waals surface area (Å²) in [5.74, 6) is 1.77. The van der Waals surface area contributed by atoms with Gasteiger partial charge in [0.1, 0.15) is 5.82 Å². The molecule has 0 aromatic carbocycles. The third kappa shape index (κ3) is 2.11.